The van der Waals surface area contributed by atoms with Gasteiger partial charge in [-0.05, 0) is 6.08 Å². The van der Waals surface area contributed by atoms with Gasteiger partial charge in [-0.25, -0.2) is 4.79 Å². The second kappa shape index (κ2) is 4.38. The van der Waals surface area contributed by atoms with Crippen LogP contribution in [0.2, 0.25) is 0 Å². The number of carbonyl (C=O) groups is 1. The molecule has 0 amide bonds. The van der Waals surface area contributed by atoms with E-state index in [1.165, 1.54) is 7.11 Å². The lowest BCUT2D eigenvalue weighted by Crippen LogP contribution is -2.46. The number of ether oxygens (including phenoxy) is 2. The average Bonchev–Trinajstić information content (AvgIpc) is 2.51. The van der Waals surface area contributed by atoms with Crippen LogP contribution in [0.3, 0.4) is 0 Å². The largest absolute Gasteiger partial charge is 0.467 e. The number of methoxy groups -OCH3 is 1. The van der Waals surface area contributed by atoms with Gasteiger partial charge in [-0.1, -0.05) is 11.6 Å². The van der Waals surface area contributed by atoms with Gasteiger partial charge in [0.05, 0.1) is 20.3 Å². The number of halogens is 1. The summed E-state index contributed by atoms with van der Waals surface area (Å²) in [6.45, 7) is 1.47. The van der Waals surface area contributed by atoms with Gasteiger partial charge in [0, 0.05) is 12.2 Å². The molecule has 0 saturated carbocycles. The predicted octanol–water partition coefficient (Wildman–Crippen LogP) is -0.130. The van der Waals surface area contributed by atoms with Crippen LogP contribution < -0.4 is 5.32 Å². The molecule has 1 fully saturated rings. The van der Waals surface area contributed by atoms with Gasteiger partial charge in [0.25, 0.3) is 0 Å². The summed E-state index contributed by atoms with van der Waals surface area (Å²) in [5.41, 5.74) is 0.616. The number of nitrogens with zero attached hydrogens (tertiary/aromatic N) is 1. The zero-order valence-corrected chi connectivity index (χ0v) is 9.16. The van der Waals surface area contributed by atoms with E-state index >= 15 is 0 Å². The molecule has 2 rings (SSSR count). The van der Waals surface area contributed by atoms with Crippen molar-refractivity contribution in [3.05, 3.63) is 11.8 Å². The van der Waals surface area contributed by atoms with Crippen molar-refractivity contribution >= 4 is 17.6 Å². The van der Waals surface area contributed by atoms with Crippen LogP contribution >= 0.6 is 11.6 Å². The maximum absolute atomic E-state index is 11.6. The standard InChI is InChI=1S/C9H13ClN2O3/c1-14-8(13)7-5-15-3-2-6-4-11-9(10)12(6)7/h2,7,9,11H,3-5H2,1H3. The van der Waals surface area contributed by atoms with Gasteiger partial charge < -0.3 is 14.4 Å². The van der Waals surface area contributed by atoms with Crippen molar-refractivity contribution in [3.63, 3.8) is 0 Å². The van der Waals surface area contributed by atoms with E-state index in [0.717, 1.165) is 5.70 Å². The zero-order chi connectivity index (χ0) is 10.8. The number of esters is 1. The molecule has 0 aromatic heterocycles. The van der Waals surface area contributed by atoms with Crippen LogP contribution in [0.1, 0.15) is 0 Å². The van der Waals surface area contributed by atoms with Gasteiger partial charge >= 0.3 is 5.97 Å². The topological polar surface area (TPSA) is 50.8 Å². The second-order valence-corrected chi connectivity index (χ2v) is 3.81. The van der Waals surface area contributed by atoms with Crippen molar-refractivity contribution in [2.45, 2.75) is 11.7 Å². The van der Waals surface area contributed by atoms with E-state index in [9.17, 15) is 4.79 Å². The first kappa shape index (κ1) is 10.7. The molecule has 2 aliphatic heterocycles. The summed E-state index contributed by atoms with van der Waals surface area (Å²) in [7, 11) is 1.36. The fourth-order valence-corrected chi connectivity index (χ4v) is 2.13. The fourth-order valence-electron chi connectivity index (χ4n) is 1.79. The smallest absolute Gasteiger partial charge is 0.330 e. The molecule has 0 aromatic carbocycles. The van der Waals surface area contributed by atoms with E-state index in [0.29, 0.717) is 19.8 Å². The molecule has 2 unspecified atom stereocenters. The number of alkyl halides is 1. The molecular formula is C9H13ClN2O3. The van der Waals surface area contributed by atoms with Crippen molar-refractivity contribution in [3.8, 4) is 0 Å². The molecule has 5 nitrogen and oxygen atoms in total. The summed E-state index contributed by atoms with van der Waals surface area (Å²) in [5.74, 6) is -0.322. The van der Waals surface area contributed by atoms with Crippen molar-refractivity contribution in [2.75, 3.05) is 26.9 Å². The maximum atomic E-state index is 11.6. The van der Waals surface area contributed by atoms with Crippen LogP contribution in [-0.4, -0.2) is 49.4 Å². The van der Waals surface area contributed by atoms with E-state index in [-0.39, 0.29) is 11.6 Å². The molecule has 15 heavy (non-hydrogen) atoms. The Morgan fingerprint density at radius 2 is 2.60 bits per heavy atom. The molecule has 0 aromatic rings. The number of nitrogens with one attached hydrogen (secondary N) is 1. The van der Waals surface area contributed by atoms with Crippen molar-refractivity contribution in [2.24, 2.45) is 0 Å². The van der Waals surface area contributed by atoms with Crippen LogP contribution in [0.15, 0.2) is 11.8 Å². The first-order chi connectivity index (χ1) is 7.24. The molecule has 0 radical (unpaired) electrons. The maximum Gasteiger partial charge on any atom is 0.330 e. The summed E-state index contributed by atoms with van der Waals surface area (Å²) in [5, 5.41) is 3.06. The molecule has 6 heteroatoms. The molecule has 2 heterocycles. The summed E-state index contributed by atoms with van der Waals surface area (Å²) in [4.78, 5) is 13.4. The monoisotopic (exact) mass is 232 g/mol. The number of rotatable bonds is 1. The van der Waals surface area contributed by atoms with E-state index in [1.807, 2.05) is 6.08 Å². The number of fused-ring (bicyclic) bond motifs is 1. The molecule has 1 N–H and O–H groups in total. The Kier molecular flexibility index (Phi) is 3.14. The van der Waals surface area contributed by atoms with Crippen LogP contribution in [0.5, 0.6) is 0 Å². The lowest BCUT2D eigenvalue weighted by atomic mass is 10.2. The minimum absolute atomic E-state index is 0.303. The molecule has 0 spiro atoms. The summed E-state index contributed by atoms with van der Waals surface area (Å²) >= 11 is 6.06. The molecule has 0 bridgehead atoms. The summed E-state index contributed by atoms with van der Waals surface area (Å²) < 4.78 is 10.0. The van der Waals surface area contributed by atoms with Gasteiger partial charge in [0.1, 0.15) is 0 Å². The molecule has 2 aliphatic rings. The Morgan fingerprint density at radius 1 is 1.80 bits per heavy atom. The number of hydrogen-bond donors (Lipinski definition) is 1. The lowest BCUT2D eigenvalue weighted by molar-refractivity contribution is -0.148. The highest BCUT2D eigenvalue weighted by molar-refractivity contribution is 6.20. The molecule has 2 atom stereocenters. The predicted molar refractivity (Wildman–Crippen MR) is 54.2 cm³/mol. The zero-order valence-electron chi connectivity index (χ0n) is 8.40. The normalized spacial score (nSPS) is 30.5. The fraction of sp³-hybridized carbons (Fsp3) is 0.667. The first-order valence-electron chi connectivity index (χ1n) is 4.74. The van der Waals surface area contributed by atoms with Crippen molar-refractivity contribution in [1.29, 1.82) is 0 Å². The summed E-state index contributed by atoms with van der Waals surface area (Å²) in [6, 6.07) is -0.457. The molecule has 0 aliphatic carbocycles. The van der Waals surface area contributed by atoms with E-state index in [2.05, 4.69) is 5.32 Å². The van der Waals surface area contributed by atoms with Gasteiger partial charge in [-0.15, -0.1) is 0 Å². The van der Waals surface area contributed by atoms with Crippen molar-refractivity contribution < 1.29 is 14.3 Å². The Morgan fingerprint density at radius 3 is 3.33 bits per heavy atom. The van der Waals surface area contributed by atoms with Crippen LogP contribution in [0.4, 0.5) is 0 Å². The highest BCUT2D eigenvalue weighted by Crippen LogP contribution is 2.24. The molecular weight excluding hydrogens is 220 g/mol. The number of hydrogen-bond acceptors (Lipinski definition) is 5. The third-order valence-corrected chi connectivity index (χ3v) is 2.91. The third kappa shape index (κ3) is 1.95. The summed E-state index contributed by atoms with van der Waals surface area (Å²) in [6.07, 6.45) is 1.93. The van der Waals surface area contributed by atoms with E-state index in [4.69, 9.17) is 21.1 Å². The lowest BCUT2D eigenvalue weighted by Gasteiger charge is -2.28. The minimum atomic E-state index is -0.457. The Balaban J connectivity index is 2.22. The minimum Gasteiger partial charge on any atom is -0.467 e. The van der Waals surface area contributed by atoms with Gasteiger partial charge in [-0.2, -0.15) is 0 Å². The highest BCUT2D eigenvalue weighted by atomic mass is 35.5. The van der Waals surface area contributed by atoms with Gasteiger partial charge in [0.2, 0.25) is 0 Å². The van der Waals surface area contributed by atoms with E-state index in [1.54, 1.807) is 4.90 Å². The van der Waals surface area contributed by atoms with Gasteiger partial charge in [0.15, 0.2) is 11.7 Å². The quantitative estimate of drug-likeness (QED) is 0.388. The Labute approximate surface area is 93.0 Å². The van der Waals surface area contributed by atoms with Crippen molar-refractivity contribution in [1.82, 2.24) is 10.2 Å². The highest BCUT2D eigenvalue weighted by Gasteiger charge is 2.37. The Hall–Kier alpha value is -0.780. The first-order valence-corrected chi connectivity index (χ1v) is 5.18. The molecule has 84 valence electrons. The molecule has 1 saturated heterocycles. The Bertz CT molecular complexity index is 295. The van der Waals surface area contributed by atoms with Crippen LogP contribution in [-0.2, 0) is 14.3 Å². The number of carbonyl (C=O) groups excluding carboxylic acids is 1. The van der Waals surface area contributed by atoms with E-state index < -0.39 is 6.04 Å². The van der Waals surface area contributed by atoms with Crippen LogP contribution in [0.25, 0.3) is 0 Å². The third-order valence-electron chi connectivity index (χ3n) is 2.55. The average molecular weight is 233 g/mol. The second-order valence-electron chi connectivity index (χ2n) is 3.40. The van der Waals surface area contributed by atoms with Gasteiger partial charge in [-0.3, -0.25) is 5.32 Å². The van der Waals surface area contributed by atoms with Crippen LogP contribution in [0, 0.1) is 0 Å². The SMILES string of the molecule is COC(=O)C1COCC=C2CNC(Cl)N21.